The highest BCUT2D eigenvalue weighted by Gasteiger charge is 2.17. The van der Waals surface area contributed by atoms with E-state index in [1.165, 1.54) is 21.3 Å². The van der Waals surface area contributed by atoms with Crippen LogP contribution >= 0.6 is 0 Å². The van der Waals surface area contributed by atoms with E-state index >= 15 is 0 Å². The number of aryl methyl sites for hydroxylation is 1. The zero-order valence-electron chi connectivity index (χ0n) is 15.2. The molecular weight excluding hydrogens is 336 g/mol. The molecule has 0 aliphatic rings. The maximum Gasteiger partial charge on any atom is 0.313 e. The lowest BCUT2D eigenvalue weighted by molar-refractivity contribution is -0.136. The van der Waals surface area contributed by atoms with Gasteiger partial charge in [-0.25, -0.2) is 0 Å². The maximum absolute atomic E-state index is 12.1. The smallest absolute Gasteiger partial charge is 0.313 e. The molecule has 0 aliphatic carbocycles. The number of nitrogens with one attached hydrogen (secondary N) is 2. The highest BCUT2D eigenvalue weighted by molar-refractivity contribution is 6.39. The molecular formula is C19H22N2O5. The average Bonchev–Trinajstić information content (AvgIpc) is 2.65. The molecule has 2 rings (SSSR count). The Labute approximate surface area is 152 Å². The molecule has 0 fully saturated rings. The number of carbonyl (C=O) groups excluding carboxylic acids is 2. The number of ether oxygens (including phenoxy) is 3. The molecule has 0 heterocycles. The van der Waals surface area contributed by atoms with Gasteiger partial charge < -0.3 is 24.8 Å². The third-order valence-corrected chi connectivity index (χ3v) is 3.66. The Morgan fingerprint density at radius 3 is 2.12 bits per heavy atom. The number of anilines is 1. The van der Waals surface area contributed by atoms with Crippen LogP contribution in [0.4, 0.5) is 5.69 Å². The molecule has 138 valence electrons. The quantitative estimate of drug-likeness (QED) is 0.774. The zero-order chi connectivity index (χ0) is 19.1. The second-order valence-corrected chi connectivity index (χ2v) is 5.54. The zero-order valence-corrected chi connectivity index (χ0v) is 15.2. The number of hydrogen-bond acceptors (Lipinski definition) is 5. The van der Waals surface area contributed by atoms with Crippen molar-refractivity contribution in [3.63, 3.8) is 0 Å². The molecule has 0 radical (unpaired) electrons. The Kier molecular flexibility index (Phi) is 6.43. The summed E-state index contributed by atoms with van der Waals surface area (Å²) in [5.74, 6) is -0.367. The predicted octanol–water partition coefficient (Wildman–Crippen LogP) is 2.28. The first kappa shape index (κ1) is 19.1. The lowest BCUT2D eigenvalue weighted by Crippen LogP contribution is -2.35. The van der Waals surface area contributed by atoms with E-state index in [1.54, 1.807) is 12.1 Å². The summed E-state index contributed by atoms with van der Waals surface area (Å²) in [5.41, 5.74) is 2.35. The van der Waals surface area contributed by atoms with Crippen LogP contribution < -0.4 is 24.8 Å². The van der Waals surface area contributed by atoms with Crippen LogP contribution in [0, 0.1) is 6.92 Å². The van der Waals surface area contributed by atoms with Crippen molar-refractivity contribution < 1.29 is 23.8 Å². The van der Waals surface area contributed by atoms with Crippen molar-refractivity contribution in [1.82, 2.24) is 5.32 Å². The van der Waals surface area contributed by atoms with Crippen molar-refractivity contribution in [2.75, 3.05) is 26.6 Å². The van der Waals surface area contributed by atoms with Gasteiger partial charge in [0.25, 0.3) is 0 Å². The monoisotopic (exact) mass is 358 g/mol. The second-order valence-electron chi connectivity index (χ2n) is 5.54. The topological polar surface area (TPSA) is 85.9 Å². The van der Waals surface area contributed by atoms with Crippen LogP contribution in [0.15, 0.2) is 36.4 Å². The average molecular weight is 358 g/mol. The summed E-state index contributed by atoms with van der Waals surface area (Å²) >= 11 is 0. The molecule has 0 saturated heterocycles. The first-order valence-electron chi connectivity index (χ1n) is 7.93. The molecule has 26 heavy (non-hydrogen) atoms. The highest BCUT2D eigenvalue weighted by Crippen LogP contribution is 2.39. The Hall–Kier alpha value is -3.22. The summed E-state index contributed by atoms with van der Waals surface area (Å²) in [6.07, 6.45) is 0. The number of rotatable bonds is 6. The molecule has 0 bridgehead atoms. The molecule has 0 unspecified atom stereocenters. The summed E-state index contributed by atoms with van der Waals surface area (Å²) in [6, 6.07) is 10.8. The minimum Gasteiger partial charge on any atom is -0.493 e. The standard InChI is InChI=1S/C19H22N2O5/c1-12-6-5-7-13(8-12)11-20-18(22)19(23)21-14-9-15(24-2)17(26-4)16(10-14)25-3/h5-10H,11H2,1-4H3,(H,20,22)(H,21,23). The third kappa shape index (κ3) is 4.66. The summed E-state index contributed by atoms with van der Waals surface area (Å²) < 4.78 is 15.7. The summed E-state index contributed by atoms with van der Waals surface area (Å²) in [4.78, 5) is 24.1. The van der Waals surface area contributed by atoms with Crippen molar-refractivity contribution in [2.24, 2.45) is 0 Å². The predicted molar refractivity (Wildman–Crippen MR) is 97.8 cm³/mol. The molecule has 2 amide bonds. The van der Waals surface area contributed by atoms with Gasteiger partial charge in [0.15, 0.2) is 11.5 Å². The van der Waals surface area contributed by atoms with Crippen LogP contribution in [0.5, 0.6) is 17.2 Å². The van der Waals surface area contributed by atoms with Gasteiger partial charge in [0.1, 0.15) is 0 Å². The third-order valence-electron chi connectivity index (χ3n) is 3.66. The van der Waals surface area contributed by atoms with Crippen molar-refractivity contribution in [2.45, 2.75) is 13.5 Å². The van der Waals surface area contributed by atoms with E-state index in [-0.39, 0.29) is 6.54 Å². The fourth-order valence-corrected chi connectivity index (χ4v) is 2.43. The minimum absolute atomic E-state index is 0.267. The molecule has 2 aromatic carbocycles. The number of carbonyl (C=O) groups is 2. The molecule has 2 aromatic rings. The molecule has 7 heteroatoms. The van der Waals surface area contributed by atoms with Crippen LogP contribution in [0.2, 0.25) is 0 Å². The number of amides is 2. The fourth-order valence-electron chi connectivity index (χ4n) is 2.43. The van der Waals surface area contributed by atoms with E-state index in [4.69, 9.17) is 14.2 Å². The van der Waals surface area contributed by atoms with Crippen LogP contribution in [0.1, 0.15) is 11.1 Å². The van der Waals surface area contributed by atoms with E-state index < -0.39 is 11.8 Å². The molecule has 0 atom stereocenters. The maximum atomic E-state index is 12.1. The largest absolute Gasteiger partial charge is 0.493 e. The Morgan fingerprint density at radius 1 is 0.923 bits per heavy atom. The SMILES string of the molecule is COc1cc(NC(=O)C(=O)NCc2cccc(C)c2)cc(OC)c1OC. The first-order valence-corrected chi connectivity index (χ1v) is 7.93. The summed E-state index contributed by atoms with van der Waals surface area (Å²) in [7, 11) is 4.42. The first-order chi connectivity index (χ1) is 12.5. The lowest BCUT2D eigenvalue weighted by Gasteiger charge is -2.14. The van der Waals surface area contributed by atoms with Gasteiger partial charge in [-0.1, -0.05) is 29.8 Å². The molecule has 0 spiro atoms. The van der Waals surface area contributed by atoms with Gasteiger partial charge >= 0.3 is 11.8 Å². The lowest BCUT2D eigenvalue weighted by atomic mass is 10.1. The molecule has 0 saturated carbocycles. The molecule has 7 nitrogen and oxygen atoms in total. The van der Waals surface area contributed by atoms with Gasteiger partial charge in [0.2, 0.25) is 5.75 Å². The van der Waals surface area contributed by atoms with E-state index in [9.17, 15) is 9.59 Å². The van der Waals surface area contributed by atoms with Crippen LogP contribution in [-0.2, 0) is 16.1 Å². The van der Waals surface area contributed by atoms with Crippen molar-refractivity contribution >= 4 is 17.5 Å². The number of benzene rings is 2. The van der Waals surface area contributed by atoms with Gasteiger partial charge in [-0.05, 0) is 12.5 Å². The van der Waals surface area contributed by atoms with Crippen molar-refractivity contribution in [3.8, 4) is 17.2 Å². The minimum atomic E-state index is -0.785. The fraction of sp³-hybridized carbons (Fsp3) is 0.263. The van der Waals surface area contributed by atoms with E-state index in [2.05, 4.69) is 10.6 Å². The van der Waals surface area contributed by atoms with Crippen LogP contribution in [0.25, 0.3) is 0 Å². The van der Waals surface area contributed by atoms with Gasteiger partial charge in [0, 0.05) is 24.4 Å². The van der Waals surface area contributed by atoms with Gasteiger partial charge in [-0.15, -0.1) is 0 Å². The normalized spacial score (nSPS) is 10.0. The van der Waals surface area contributed by atoms with Crippen molar-refractivity contribution in [1.29, 1.82) is 0 Å². The van der Waals surface area contributed by atoms with E-state index in [0.717, 1.165) is 11.1 Å². The van der Waals surface area contributed by atoms with E-state index in [0.29, 0.717) is 22.9 Å². The Balaban J connectivity index is 2.05. The number of hydrogen-bond donors (Lipinski definition) is 2. The van der Waals surface area contributed by atoms with Crippen LogP contribution in [0.3, 0.4) is 0 Å². The highest BCUT2D eigenvalue weighted by atomic mass is 16.5. The van der Waals surface area contributed by atoms with Gasteiger partial charge in [-0.3, -0.25) is 9.59 Å². The number of methoxy groups -OCH3 is 3. The van der Waals surface area contributed by atoms with Gasteiger partial charge in [0.05, 0.1) is 21.3 Å². The second kappa shape index (κ2) is 8.75. The molecule has 2 N–H and O–H groups in total. The molecule has 0 aromatic heterocycles. The Morgan fingerprint density at radius 2 is 1.58 bits per heavy atom. The summed E-state index contributed by atoms with van der Waals surface area (Å²) in [5, 5.41) is 5.11. The van der Waals surface area contributed by atoms with E-state index in [1.807, 2.05) is 31.2 Å². The van der Waals surface area contributed by atoms with Crippen LogP contribution in [-0.4, -0.2) is 33.1 Å². The summed E-state index contributed by atoms with van der Waals surface area (Å²) in [6.45, 7) is 2.23. The van der Waals surface area contributed by atoms with Gasteiger partial charge in [-0.2, -0.15) is 0 Å². The van der Waals surface area contributed by atoms with Crippen molar-refractivity contribution in [3.05, 3.63) is 47.5 Å². The molecule has 0 aliphatic heterocycles. The Bertz CT molecular complexity index is 779.